The van der Waals surface area contributed by atoms with E-state index < -0.39 is 0 Å². The minimum atomic E-state index is -0.245. The molecule has 96 valence electrons. The standard InChI is InChI=1S/C14H18FN3/c1-14(2,9-16)7-13-17-8-12(18-13)10-4-3-5-11(15)6-10/h3-6,8H,7,9,16H2,1-2H3,(H,17,18). The first kappa shape index (κ1) is 12.8. The summed E-state index contributed by atoms with van der Waals surface area (Å²) in [6.45, 7) is 4.79. The number of hydrogen-bond donors (Lipinski definition) is 2. The van der Waals surface area contributed by atoms with Crippen LogP contribution in [-0.2, 0) is 6.42 Å². The van der Waals surface area contributed by atoms with E-state index in [0.29, 0.717) is 6.54 Å². The molecule has 0 saturated heterocycles. The summed E-state index contributed by atoms with van der Waals surface area (Å²) in [5, 5.41) is 0. The molecule has 0 unspecified atom stereocenters. The number of nitrogens with two attached hydrogens (primary N) is 1. The second kappa shape index (κ2) is 4.90. The second-order valence-corrected chi connectivity index (χ2v) is 5.30. The van der Waals surface area contributed by atoms with E-state index in [1.54, 1.807) is 12.3 Å². The quantitative estimate of drug-likeness (QED) is 0.872. The molecule has 1 heterocycles. The van der Waals surface area contributed by atoms with Gasteiger partial charge >= 0.3 is 0 Å². The van der Waals surface area contributed by atoms with Gasteiger partial charge in [0.05, 0.1) is 11.9 Å². The van der Waals surface area contributed by atoms with Crippen LogP contribution < -0.4 is 5.73 Å². The van der Waals surface area contributed by atoms with Crippen molar-refractivity contribution in [3.8, 4) is 11.3 Å². The van der Waals surface area contributed by atoms with E-state index in [1.165, 1.54) is 12.1 Å². The van der Waals surface area contributed by atoms with Gasteiger partial charge in [-0.25, -0.2) is 9.37 Å². The smallest absolute Gasteiger partial charge is 0.123 e. The Hall–Kier alpha value is -1.68. The lowest BCUT2D eigenvalue weighted by Crippen LogP contribution is -2.26. The monoisotopic (exact) mass is 247 g/mol. The summed E-state index contributed by atoms with van der Waals surface area (Å²) in [7, 11) is 0. The van der Waals surface area contributed by atoms with Crippen molar-refractivity contribution in [2.24, 2.45) is 11.1 Å². The highest BCUT2D eigenvalue weighted by molar-refractivity contribution is 5.58. The van der Waals surface area contributed by atoms with Crippen molar-refractivity contribution < 1.29 is 4.39 Å². The normalized spacial score (nSPS) is 11.8. The van der Waals surface area contributed by atoms with Crippen LogP contribution in [0.25, 0.3) is 11.3 Å². The topological polar surface area (TPSA) is 54.7 Å². The number of aromatic nitrogens is 2. The van der Waals surface area contributed by atoms with Gasteiger partial charge < -0.3 is 10.7 Å². The zero-order valence-electron chi connectivity index (χ0n) is 10.7. The number of rotatable bonds is 4. The fraction of sp³-hybridized carbons (Fsp3) is 0.357. The molecule has 0 aliphatic heterocycles. The molecule has 0 saturated carbocycles. The molecule has 1 aromatic heterocycles. The number of benzene rings is 1. The van der Waals surface area contributed by atoms with Gasteiger partial charge in [0.25, 0.3) is 0 Å². The highest BCUT2D eigenvalue weighted by Crippen LogP contribution is 2.22. The Labute approximate surface area is 106 Å². The van der Waals surface area contributed by atoms with E-state index >= 15 is 0 Å². The Bertz CT molecular complexity index is 531. The Morgan fingerprint density at radius 3 is 2.83 bits per heavy atom. The van der Waals surface area contributed by atoms with E-state index in [0.717, 1.165) is 23.5 Å². The summed E-state index contributed by atoms with van der Waals surface area (Å²) >= 11 is 0. The lowest BCUT2D eigenvalue weighted by molar-refractivity contribution is 0.369. The van der Waals surface area contributed by atoms with Gasteiger partial charge in [-0.1, -0.05) is 26.0 Å². The highest BCUT2D eigenvalue weighted by Gasteiger charge is 2.18. The Morgan fingerprint density at radius 1 is 1.39 bits per heavy atom. The minimum absolute atomic E-state index is 0.0110. The molecule has 0 bridgehead atoms. The third kappa shape index (κ3) is 2.96. The molecule has 3 N–H and O–H groups in total. The zero-order chi connectivity index (χ0) is 13.2. The Kier molecular flexibility index (Phi) is 3.48. The average Bonchev–Trinajstić information content (AvgIpc) is 2.77. The first-order valence-corrected chi connectivity index (χ1v) is 6.00. The number of aromatic amines is 1. The summed E-state index contributed by atoms with van der Waals surface area (Å²) < 4.78 is 13.1. The van der Waals surface area contributed by atoms with E-state index in [2.05, 4.69) is 23.8 Å². The van der Waals surface area contributed by atoms with Crippen LogP contribution >= 0.6 is 0 Å². The Balaban J connectivity index is 2.21. The maximum Gasteiger partial charge on any atom is 0.123 e. The summed E-state index contributed by atoms with van der Waals surface area (Å²) in [6, 6.07) is 6.47. The van der Waals surface area contributed by atoms with E-state index in [-0.39, 0.29) is 11.2 Å². The van der Waals surface area contributed by atoms with Crippen molar-refractivity contribution in [3.05, 3.63) is 42.1 Å². The van der Waals surface area contributed by atoms with E-state index in [4.69, 9.17) is 5.73 Å². The van der Waals surface area contributed by atoms with Gasteiger partial charge in [-0.05, 0) is 24.1 Å². The fourth-order valence-electron chi connectivity index (χ4n) is 1.78. The average molecular weight is 247 g/mol. The minimum Gasteiger partial charge on any atom is -0.342 e. The first-order chi connectivity index (χ1) is 8.50. The maximum absolute atomic E-state index is 13.1. The summed E-state index contributed by atoms with van der Waals surface area (Å²) in [6.07, 6.45) is 2.51. The highest BCUT2D eigenvalue weighted by atomic mass is 19.1. The largest absolute Gasteiger partial charge is 0.342 e. The molecule has 0 spiro atoms. The number of imidazole rings is 1. The van der Waals surface area contributed by atoms with Gasteiger partial charge in [-0.15, -0.1) is 0 Å². The number of nitrogens with zero attached hydrogens (tertiary/aromatic N) is 1. The van der Waals surface area contributed by atoms with Gasteiger partial charge in [-0.3, -0.25) is 0 Å². The predicted molar refractivity (Wildman–Crippen MR) is 70.5 cm³/mol. The first-order valence-electron chi connectivity index (χ1n) is 6.00. The number of halogens is 1. The van der Waals surface area contributed by atoms with Crippen LogP contribution in [0.2, 0.25) is 0 Å². The van der Waals surface area contributed by atoms with Crippen molar-refractivity contribution in [2.45, 2.75) is 20.3 Å². The molecule has 2 rings (SSSR count). The summed E-state index contributed by atoms with van der Waals surface area (Å²) in [5.74, 6) is 0.635. The van der Waals surface area contributed by atoms with Gasteiger partial charge in [0.15, 0.2) is 0 Å². The molecule has 3 nitrogen and oxygen atoms in total. The van der Waals surface area contributed by atoms with Crippen molar-refractivity contribution in [2.75, 3.05) is 6.54 Å². The molecule has 2 aromatic rings. The van der Waals surface area contributed by atoms with Crippen molar-refractivity contribution in [3.63, 3.8) is 0 Å². The van der Waals surface area contributed by atoms with Crippen LogP contribution in [-0.4, -0.2) is 16.5 Å². The molecular weight excluding hydrogens is 229 g/mol. The van der Waals surface area contributed by atoms with Crippen LogP contribution in [0.4, 0.5) is 4.39 Å². The lowest BCUT2D eigenvalue weighted by atomic mass is 9.89. The predicted octanol–water partition coefficient (Wildman–Crippen LogP) is 2.74. The molecular formula is C14H18FN3. The van der Waals surface area contributed by atoms with Crippen molar-refractivity contribution >= 4 is 0 Å². The van der Waals surface area contributed by atoms with Crippen molar-refractivity contribution in [1.82, 2.24) is 9.97 Å². The van der Waals surface area contributed by atoms with Crippen LogP contribution in [0, 0.1) is 11.2 Å². The van der Waals surface area contributed by atoms with Crippen LogP contribution in [0.15, 0.2) is 30.5 Å². The molecule has 0 atom stereocenters. The zero-order valence-corrected chi connectivity index (χ0v) is 10.7. The van der Waals surface area contributed by atoms with Crippen LogP contribution in [0.5, 0.6) is 0 Å². The van der Waals surface area contributed by atoms with Gasteiger partial charge in [0.2, 0.25) is 0 Å². The van der Waals surface area contributed by atoms with Crippen LogP contribution in [0.3, 0.4) is 0 Å². The lowest BCUT2D eigenvalue weighted by Gasteiger charge is -2.20. The van der Waals surface area contributed by atoms with E-state index in [1.807, 2.05) is 6.07 Å². The third-order valence-corrected chi connectivity index (χ3v) is 2.96. The number of nitrogens with one attached hydrogen (secondary N) is 1. The van der Waals surface area contributed by atoms with Crippen LogP contribution in [0.1, 0.15) is 19.7 Å². The molecule has 0 aliphatic rings. The number of H-pyrrole nitrogens is 1. The molecule has 4 heteroatoms. The second-order valence-electron chi connectivity index (χ2n) is 5.30. The summed E-state index contributed by atoms with van der Waals surface area (Å²) in [5.41, 5.74) is 7.35. The number of hydrogen-bond acceptors (Lipinski definition) is 2. The molecule has 0 radical (unpaired) electrons. The van der Waals surface area contributed by atoms with Gasteiger partial charge in [0, 0.05) is 12.0 Å². The molecule has 0 amide bonds. The summed E-state index contributed by atoms with van der Waals surface area (Å²) in [4.78, 5) is 7.54. The Morgan fingerprint density at radius 2 is 2.17 bits per heavy atom. The van der Waals surface area contributed by atoms with Gasteiger partial charge in [0.1, 0.15) is 11.6 Å². The molecule has 1 aromatic carbocycles. The fourth-order valence-corrected chi connectivity index (χ4v) is 1.78. The third-order valence-electron chi connectivity index (χ3n) is 2.96. The molecule has 0 aliphatic carbocycles. The SMILES string of the molecule is CC(C)(CN)Cc1ncc(-c2cccc(F)c2)[nH]1. The maximum atomic E-state index is 13.1. The molecule has 0 fully saturated rings. The van der Waals surface area contributed by atoms with Crippen molar-refractivity contribution in [1.29, 1.82) is 0 Å². The molecule has 18 heavy (non-hydrogen) atoms. The van der Waals surface area contributed by atoms with Gasteiger partial charge in [-0.2, -0.15) is 0 Å². The van der Waals surface area contributed by atoms with E-state index in [9.17, 15) is 4.39 Å².